The third-order valence-electron chi connectivity index (χ3n) is 3.71. The van der Waals surface area contributed by atoms with Gasteiger partial charge in [0.25, 0.3) is 0 Å². The summed E-state index contributed by atoms with van der Waals surface area (Å²) < 4.78 is 9.86. The molecule has 28 heavy (non-hydrogen) atoms. The van der Waals surface area contributed by atoms with Gasteiger partial charge in [0.1, 0.15) is 11.3 Å². The molecule has 0 bridgehead atoms. The van der Waals surface area contributed by atoms with Crippen LogP contribution in [0.1, 0.15) is 40.4 Å². The van der Waals surface area contributed by atoms with Gasteiger partial charge in [0, 0.05) is 31.0 Å². The zero-order chi connectivity index (χ0) is 20.9. The number of rotatable bonds is 8. The number of hydrogen-bond acceptors (Lipinski definition) is 6. The van der Waals surface area contributed by atoms with E-state index in [9.17, 15) is 4.79 Å². The normalized spacial score (nSPS) is 12.8. The third-order valence-corrected chi connectivity index (χ3v) is 4.90. The molecule has 2 aromatic rings. The van der Waals surface area contributed by atoms with Crippen LogP contribution in [0.25, 0.3) is 11.5 Å². The van der Waals surface area contributed by atoms with Crippen LogP contribution in [-0.4, -0.2) is 54.3 Å². The van der Waals surface area contributed by atoms with E-state index in [1.807, 2.05) is 50.2 Å². The van der Waals surface area contributed by atoms with Gasteiger partial charge >= 0.3 is 6.09 Å². The molecule has 0 fully saturated rings. The molecule has 8 nitrogen and oxygen atoms in total. The highest BCUT2D eigenvalue weighted by atomic mass is 79.9. The maximum absolute atomic E-state index is 12.1. The van der Waals surface area contributed by atoms with Crippen molar-refractivity contribution in [2.24, 2.45) is 0 Å². The van der Waals surface area contributed by atoms with Gasteiger partial charge < -0.3 is 10.1 Å². The average Bonchev–Trinajstić information content (AvgIpc) is 3.13. The second kappa shape index (κ2) is 9.78. The molecule has 0 saturated heterocycles. The van der Waals surface area contributed by atoms with Gasteiger partial charge in [0.15, 0.2) is 11.6 Å². The van der Waals surface area contributed by atoms with E-state index in [0.717, 1.165) is 34.7 Å². The molecule has 1 atom stereocenters. The van der Waals surface area contributed by atoms with E-state index in [1.54, 1.807) is 11.8 Å². The fourth-order valence-electron chi connectivity index (χ4n) is 2.52. The number of ether oxygens (including phenoxy) is 1. The van der Waals surface area contributed by atoms with Crippen molar-refractivity contribution in [1.29, 1.82) is 0 Å². The Hall–Kier alpha value is -1.55. The van der Waals surface area contributed by atoms with Crippen molar-refractivity contribution < 1.29 is 9.53 Å². The number of thioether (sulfide) groups is 1. The first-order valence-electron chi connectivity index (χ1n) is 9.28. The number of nitrogens with one attached hydrogen (secondary N) is 1. The van der Waals surface area contributed by atoms with Crippen LogP contribution < -0.4 is 5.32 Å². The second-order valence-corrected chi connectivity index (χ2v) is 9.35. The van der Waals surface area contributed by atoms with E-state index >= 15 is 0 Å². The fourth-order valence-corrected chi connectivity index (χ4v) is 3.39. The summed E-state index contributed by atoms with van der Waals surface area (Å²) in [6, 6.07) is -0.185. The van der Waals surface area contributed by atoms with Gasteiger partial charge in [-0.2, -0.15) is 22.0 Å². The smallest absolute Gasteiger partial charge is 0.407 e. The number of aromatic nitrogens is 5. The Morgan fingerprint density at radius 3 is 2.68 bits per heavy atom. The molecule has 2 rings (SSSR count). The number of halogens is 1. The van der Waals surface area contributed by atoms with Crippen molar-refractivity contribution in [3.63, 3.8) is 0 Å². The molecule has 0 spiro atoms. The Morgan fingerprint density at radius 2 is 2.11 bits per heavy atom. The number of alkyl carbamates (subject to hydrolysis) is 1. The summed E-state index contributed by atoms with van der Waals surface area (Å²) >= 11 is 5.33. The summed E-state index contributed by atoms with van der Waals surface area (Å²) in [7, 11) is 0. The molecule has 0 aliphatic rings. The van der Waals surface area contributed by atoms with Crippen molar-refractivity contribution in [1.82, 2.24) is 29.9 Å². The van der Waals surface area contributed by atoms with Gasteiger partial charge in [-0.15, -0.1) is 0 Å². The predicted octanol–water partition coefficient (Wildman–Crippen LogP) is 3.74. The number of carbonyl (C=O) groups is 1. The van der Waals surface area contributed by atoms with Crippen molar-refractivity contribution in [2.45, 2.75) is 65.8 Å². The predicted molar refractivity (Wildman–Crippen MR) is 116 cm³/mol. The number of amides is 1. The standard InChI is InChI=1S/C18H29BrN6O2S/c1-7-24-11-13(19)15(23-24)16-21-14(8-9-28-6)22-25(16)10-12(2)20-17(26)27-18(3,4)5/h11-12H,7-10H2,1-6H3,(H,20,26). The van der Waals surface area contributed by atoms with Crippen LogP contribution in [0.15, 0.2) is 10.7 Å². The van der Waals surface area contributed by atoms with Gasteiger partial charge in [-0.3, -0.25) is 4.68 Å². The second-order valence-electron chi connectivity index (χ2n) is 7.51. The van der Waals surface area contributed by atoms with Gasteiger partial charge in [-0.1, -0.05) is 0 Å². The highest BCUT2D eigenvalue weighted by Gasteiger charge is 2.22. The highest BCUT2D eigenvalue weighted by Crippen LogP contribution is 2.26. The molecular weight excluding hydrogens is 444 g/mol. The summed E-state index contributed by atoms with van der Waals surface area (Å²) in [5.74, 6) is 2.40. The van der Waals surface area contributed by atoms with Crippen molar-refractivity contribution >= 4 is 33.8 Å². The van der Waals surface area contributed by atoms with Gasteiger partial charge in [0.2, 0.25) is 0 Å². The van der Waals surface area contributed by atoms with Crippen LogP contribution in [-0.2, 0) is 24.2 Å². The SMILES string of the molecule is CCn1cc(Br)c(-c2nc(CCSC)nn2CC(C)NC(=O)OC(C)(C)C)n1. The maximum atomic E-state index is 12.1. The molecule has 1 amide bonds. The molecule has 0 saturated carbocycles. The van der Waals surface area contributed by atoms with Gasteiger partial charge in [-0.05, 0) is 56.8 Å². The van der Waals surface area contributed by atoms with E-state index in [2.05, 4.69) is 37.7 Å². The van der Waals surface area contributed by atoms with Crippen LogP contribution in [0.2, 0.25) is 0 Å². The molecule has 0 aromatic carbocycles. The van der Waals surface area contributed by atoms with E-state index < -0.39 is 11.7 Å². The van der Waals surface area contributed by atoms with Crippen LogP contribution in [0, 0.1) is 0 Å². The number of nitrogens with zero attached hydrogens (tertiary/aromatic N) is 5. The lowest BCUT2D eigenvalue weighted by Gasteiger charge is -2.22. The molecule has 0 aliphatic heterocycles. The molecule has 0 aliphatic carbocycles. The van der Waals surface area contributed by atoms with Gasteiger partial charge in [0.05, 0.1) is 11.0 Å². The molecule has 2 aromatic heterocycles. The Kier molecular flexibility index (Phi) is 7.94. The molecule has 156 valence electrons. The molecule has 1 unspecified atom stereocenters. The van der Waals surface area contributed by atoms with E-state index in [-0.39, 0.29) is 6.04 Å². The van der Waals surface area contributed by atoms with Crippen LogP contribution in [0.5, 0.6) is 0 Å². The quantitative estimate of drug-likeness (QED) is 0.629. The third kappa shape index (κ3) is 6.51. The van der Waals surface area contributed by atoms with Crippen LogP contribution >= 0.6 is 27.7 Å². The topological polar surface area (TPSA) is 86.9 Å². The Labute approximate surface area is 178 Å². The number of aryl methyl sites for hydroxylation is 2. The molecule has 1 N–H and O–H groups in total. The largest absolute Gasteiger partial charge is 0.444 e. The van der Waals surface area contributed by atoms with Gasteiger partial charge in [-0.25, -0.2) is 14.5 Å². The number of hydrogen-bond donors (Lipinski definition) is 1. The fraction of sp³-hybridized carbons (Fsp3) is 0.667. The lowest BCUT2D eigenvalue weighted by molar-refractivity contribution is 0.0503. The highest BCUT2D eigenvalue weighted by molar-refractivity contribution is 9.10. The van der Waals surface area contributed by atoms with E-state index in [4.69, 9.17) is 9.72 Å². The zero-order valence-corrected chi connectivity index (χ0v) is 19.7. The van der Waals surface area contributed by atoms with E-state index in [1.165, 1.54) is 0 Å². The average molecular weight is 473 g/mol. The number of carbonyl (C=O) groups excluding carboxylic acids is 1. The van der Waals surface area contributed by atoms with Crippen molar-refractivity contribution in [3.8, 4) is 11.5 Å². The van der Waals surface area contributed by atoms with Crippen molar-refractivity contribution in [2.75, 3.05) is 12.0 Å². The first-order chi connectivity index (χ1) is 13.1. The minimum Gasteiger partial charge on any atom is -0.444 e. The van der Waals surface area contributed by atoms with Crippen LogP contribution in [0.3, 0.4) is 0 Å². The summed E-state index contributed by atoms with van der Waals surface area (Å²) in [6.07, 6.45) is 4.32. The lowest BCUT2D eigenvalue weighted by atomic mass is 10.2. The maximum Gasteiger partial charge on any atom is 0.407 e. The van der Waals surface area contributed by atoms with E-state index in [0.29, 0.717) is 12.4 Å². The Bertz CT molecular complexity index is 799. The zero-order valence-electron chi connectivity index (χ0n) is 17.3. The Balaban J connectivity index is 2.22. The first kappa shape index (κ1) is 22.7. The summed E-state index contributed by atoms with van der Waals surface area (Å²) in [4.78, 5) is 16.8. The molecule has 2 heterocycles. The lowest BCUT2D eigenvalue weighted by Crippen LogP contribution is -2.39. The minimum absolute atomic E-state index is 0.185. The first-order valence-corrected chi connectivity index (χ1v) is 11.5. The van der Waals surface area contributed by atoms with Crippen molar-refractivity contribution in [3.05, 3.63) is 16.5 Å². The minimum atomic E-state index is -0.537. The molecule has 0 radical (unpaired) electrons. The Morgan fingerprint density at radius 1 is 1.39 bits per heavy atom. The summed E-state index contributed by atoms with van der Waals surface area (Å²) in [6.45, 7) is 10.7. The molecule has 10 heteroatoms. The monoisotopic (exact) mass is 472 g/mol. The molecular formula is C18H29BrN6O2S. The van der Waals surface area contributed by atoms with Crippen LogP contribution in [0.4, 0.5) is 4.79 Å². The summed E-state index contributed by atoms with van der Waals surface area (Å²) in [5.41, 5.74) is 0.208. The summed E-state index contributed by atoms with van der Waals surface area (Å²) in [5, 5.41) is 12.1.